The molecule has 2 aromatic rings. The van der Waals surface area contributed by atoms with Crippen molar-refractivity contribution in [3.8, 4) is 6.07 Å². The van der Waals surface area contributed by atoms with Gasteiger partial charge in [0.1, 0.15) is 11.6 Å². The van der Waals surface area contributed by atoms with Crippen LogP contribution in [0.2, 0.25) is 0 Å². The molecule has 126 valence electrons. The number of aryl methyl sites for hydroxylation is 3. The fraction of sp³-hybridized carbons (Fsp3) is 0.421. The van der Waals surface area contributed by atoms with E-state index in [9.17, 15) is 15.2 Å². The largest absolute Gasteiger partial charge is 0.386 e. The Balaban J connectivity index is 2.44. The van der Waals surface area contributed by atoms with E-state index in [4.69, 9.17) is 0 Å². The van der Waals surface area contributed by atoms with Gasteiger partial charge in [-0.05, 0) is 48.9 Å². The highest BCUT2D eigenvalue weighted by molar-refractivity contribution is 5.38. The smallest absolute Gasteiger partial charge is 0.285 e. The van der Waals surface area contributed by atoms with Crippen LogP contribution in [-0.2, 0) is 19.4 Å². The SMILES string of the molecule is CCc1nn(CC(O)c2ccc(C)c(C)c2)c(=O)c(C#N)c1CC. The lowest BCUT2D eigenvalue weighted by atomic mass is 10.0. The summed E-state index contributed by atoms with van der Waals surface area (Å²) in [7, 11) is 0. The molecule has 1 aromatic heterocycles. The number of nitriles is 1. The van der Waals surface area contributed by atoms with Gasteiger partial charge in [-0.1, -0.05) is 32.0 Å². The third-order valence-corrected chi connectivity index (χ3v) is 4.40. The van der Waals surface area contributed by atoms with Gasteiger partial charge in [0.15, 0.2) is 0 Å². The molecule has 1 heterocycles. The summed E-state index contributed by atoms with van der Waals surface area (Å²) in [5, 5.41) is 24.2. The van der Waals surface area contributed by atoms with Crippen LogP contribution >= 0.6 is 0 Å². The van der Waals surface area contributed by atoms with Crippen molar-refractivity contribution >= 4 is 0 Å². The van der Waals surface area contributed by atoms with Gasteiger partial charge in [-0.15, -0.1) is 0 Å². The fourth-order valence-corrected chi connectivity index (χ4v) is 2.80. The molecule has 1 aromatic carbocycles. The first kappa shape index (κ1) is 17.9. The number of nitrogens with zero attached hydrogens (tertiary/aromatic N) is 3. The minimum absolute atomic E-state index is 0.0347. The van der Waals surface area contributed by atoms with Gasteiger partial charge in [-0.2, -0.15) is 10.4 Å². The lowest BCUT2D eigenvalue weighted by Crippen LogP contribution is -2.30. The van der Waals surface area contributed by atoms with Gasteiger partial charge in [-0.25, -0.2) is 4.68 Å². The normalized spacial score (nSPS) is 12.0. The molecule has 24 heavy (non-hydrogen) atoms. The van der Waals surface area contributed by atoms with Crippen molar-refractivity contribution in [2.45, 2.75) is 53.2 Å². The van der Waals surface area contributed by atoms with Gasteiger partial charge < -0.3 is 5.11 Å². The second kappa shape index (κ2) is 7.41. The van der Waals surface area contributed by atoms with Crippen molar-refractivity contribution in [2.24, 2.45) is 0 Å². The van der Waals surface area contributed by atoms with Crippen LogP contribution < -0.4 is 5.56 Å². The first-order valence-electron chi connectivity index (χ1n) is 8.21. The van der Waals surface area contributed by atoms with Crippen molar-refractivity contribution in [3.05, 3.63) is 62.1 Å². The average molecular weight is 325 g/mol. The molecule has 2 rings (SSSR count). The van der Waals surface area contributed by atoms with Crippen molar-refractivity contribution in [1.29, 1.82) is 5.26 Å². The monoisotopic (exact) mass is 325 g/mol. The van der Waals surface area contributed by atoms with E-state index in [0.29, 0.717) is 18.4 Å². The molecule has 1 N–H and O–H groups in total. The highest BCUT2D eigenvalue weighted by Crippen LogP contribution is 2.19. The van der Waals surface area contributed by atoms with E-state index in [1.165, 1.54) is 4.68 Å². The minimum Gasteiger partial charge on any atom is -0.386 e. The first-order valence-corrected chi connectivity index (χ1v) is 8.21. The lowest BCUT2D eigenvalue weighted by molar-refractivity contribution is 0.148. The van der Waals surface area contributed by atoms with Gasteiger partial charge >= 0.3 is 0 Å². The van der Waals surface area contributed by atoms with E-state index in [-0.39, 0.29) is 12.1 Å². The molecule has 0 aliphatic heterocycles. The van der Waals surface area contributed by atoms with Crippen LogP contribution in [0.3, 0.4) is 0 Å². The zero-order valence-electron chi connectivity index (χ0n) is 14.6. The number of hydrogen-bond donors (Lipinski definition) is 1. The maximum Gasteiger partial charge on any atom is 0.285 e. The maximum absolute atomic E-state index is 12.5. The van der Waals surface area contributed by atoms with Gasteiger partial charge in [0, 0.05) is 0 Å². The number of benzene rings is 1. The summed E-state index contributed by atoms with van der Waals surface area (Å²) in [6.45, 7) is 7.87. The Bertz CT molecular complexity index is 847. The Morgan fingerprint density at radius 3 is 2.50 bits per heavy atom. The van der Waals surface area contributed by atoms with E-state index >= 15 is 0 Å². The molecule has 0 saturated carbocycles. The number of aliphatic hydroxyl groups is 1. The minimum atomic E-state index is -0.849. The Morgan fingerprint density at radius 1 is 1.25 bits per heavy atom. The van der Waals surface area contributed by atoms with E-state index in [0.717, 1.165) is 22.4 Å². The summed E-state index contributed by atoms with van der Waals surface area (Å²) >= 11 is 0. The third-order valence-electron chi connectivity index (χ3n) is 4.40. The van der Waals surface area contributed by atoms with Gasteiger partial charge in [0.2, 0.25) is 0 Å². The zero-order valence-corrected chi connectivity index (χ0v) is 14.6. The van der Waals surface area contributed by atoms with E-state index < -0.39 is 11.7 Å². The second-order valence-corrected chi connectivity index (χ2v) is 5.97. The molecule has 0 spiro atoms. The van der Waals surface area contributed by atoms with Crippen LogP contribution in [0.5, 0.6) is 0 Å². The standard InChI is InChI=1S/C19H23N3O2/c1-5-15-16(10-20)19(24)22(21-17(15)6-2)11-18(23)14-8-7-12(3)13(4)9-14/h7-9,18,23H,5-6,11H2,1-4H3. The van der Waals surface area contributed by atoms with E-state index in [2.05, 4.69) is 5.10 Å². The molecule has 0 amide bonds. The highest BCUT2D eigenvalue weighted by Gasteiger charge is 2.18. The summed E-state index contributed by atoms with van der Waals surface area (Å²) in [6.07, 6.45) is 0.380. The summed E-state index contributed by atoms with van der Waals surface area (Å²) in [5.41, 5.74) is 4.12. The molecular weight excluding hydrogens is 302 g/mol. The van der Waals surface area contributed by atoms with Crippen LogP contribution in [0.15, 0.2) is 23.0 Å². The van der Waals surface area contributed by atoms with Crippen LogP contribution in [0.1, 0.15) is 53.5 Å². The van der Waals surface area contributed by atoms with Crippen LogP contribution in [0.25, 0.3) is 0 Å². The molecule has 0 fully saturated rings. The summed E-state index contributed by atoms with van der Waals surface area (Å²) < 4.78 is 1.22. The van der Waals surface area contributed by atoms with Crippen molar-refractivity contribution < 1.29 is 5.11 Å². The Labute approximate surface area is 142 Å². The molecule has 0 aliphatic rings. The third kappa shape index (κ3) is 3.39. The topological polar surface area (TPSA) is 78.9 Å². The summed E-state index contributed by atoms with van der Waals surface area (Å²) in [4.78, 5) is 12.5. The van der Waals surface area contributed by atoms with E-state index in [1.807, 2.05) is 52.0 Å². The lowest BCUT2D eigenvalue weighted by Gasteiger charge is -2.16. The Morgan fingerprint density at radius 2 is 1.96 bits per heavy atom. The van der Waals surface area contributed by atoms with E-state index in [1.54, 1.807) is 0 Å². The Kier molecular flexibility index (Phi) is 5.53. The molecular formula is C19H23N3O2. The van der Waals surface area contributed by atoms with Gasteiger partial charge in [0.05, 0.1) is 18.3 Å². The first-order chi connectivity index (χ1) is 11.4. The molecule has 1 unspecified atom stereocenters. The molecule has 5 nitrogen and oxygen atoms in total. The predicted molar refractivity (Wildman–Crippen MR) is 92.8 cm³/mol. The maximum atomic E-state index is 12.5. The summed E-state index contributed by atoms with van der Waals surface area (Å²) in [6, 6.07) is 7.72. The van der Waals surface area contributed by atoms with Gasteiger partial charge in [-0.3, -0.25) is 4.79 Å². The number of aromatic nitrogens is 2. The molecule has 0 bridgehead atoms. The predicted octanol–water partition coefficient (Wildman–Crippen LogP) is 2.59. The van der Waals surface area contributed by atoms with Crippen molar-refractivity contribution in [1.82, 2.24) is 9.78 Å². The van der Waals surface area contributed by atoms with Crippen LogP contribution in [-0.4, -0.2) is 14.9 Å². The van der Waals surface area contributed by atoms with Crippen molar-refractivity contribution in [3.63, 3.8) is 0 Å². The number of hydrogen-bond acceptors (Lipinski definition) is 4. The van der Waals surface area contributed by atoms with Crippen molar-refractivity contribution in [2.75, 3.05) is 0 Å². The van der Waals surface area contributed by atoms with Crippen LogP contribution in [0, 0.1) is 25.2 Å². The zero-order chi connectivity index (χ0) is 17.9. The quantitative estimate of drug-likeness (QED) is 0.916. The molecule has 5 heteroatoms. The molecule has 0 saturated heterocycles. The highest BCUT2D eigenvalue weighted by atomic mass is 16.3. The number of aliphatic hydroxyl groups excluding tert-OH is 1. The van der Waals surface area contributed by atoms with Gasteiger partial charge in [0.25, 0.3) is 5.56 Å². The molecule has 0 aliphatic carbocycles. The number of rotatable bonds is 5. The second-order valence-electron chi connectivity index (χ2n) is 5.97. The summed E-state index contributed by atoms with van der Waals surface area (Å²) in [5.74, 6) is 0. The fourth-order valence-electron chi connectivity index (χ4n) is 2.80. The van der Waals surface area contributed by atoms with Crippen LogP contribution in [0.4, 0.5) is 0 Å². The average Bonchev–Trinajstić information content (AvgIpc) is 2.58. The molecule has 0 radical (unpaired) electrons. The molecule has 1 atom stereocenters. The Hall–Kier alpha value is -2.45.